The number of unbranched alkanes of at least 4 members (excludes halogenated alkanes) is 1. The number of carbonyl (C=O) groups is 3. The lowest BCUT2D eigenvalue weighted by atomic mass is 10.2. The zero-order valence-electron chi connectivity index (χ0n) is 12.1. The largest absolute Gasteiger partial charge is 0.469 e. The van der Waals surface area contributed by atoms with E-state index in [4.69, 9.17) is 4.74 Å². The molecule has 0 unspecified atom stereocenters. The van der Waals surface area contributed by atoms with Crippen LogP contribution < -0.4 is 5.32 Å². The molecule has 0 aromatic carbocycles. The van der Waals surface area contributed by atoms with Gasteiger partial charge in [-0.1, -0.05) is 0 Å². The minimum Gasteiger partial charge on any atom is -0.469 e. The fourth-order valence-corrected chi connectivity index (χ4v) is 1.29. The predicted molar refractivity (Wildman–Crippen MR) is 69.3 cm³/mol. The van der Waals surface area contributed by atoms with Crippen molar-refractivity contribution in [3.63, 3.8) is 0 Å². The lowest BCUT2D eigenvalue weighted by Gasteiger charge is -2.19. The van der Waals surface area contributed by atoms with Crippen LogP contribution in [-0.2, 0) is 23.9 Å². The van der Waals surface area contributed by atoms with Gasteiger partial charge in [-0.05, 0) is 33.6 Å². The number of hydrogen-bond acceptors (Lipinski definition) is 5. The second-order valence-corrected chi connectivity index (χ2v) is 5.15. The van der Waals surface area contributed by atoms with Crippen LogP contribution in [-0.4, -0.2) is 37.1 Å². The standard InChI is InChI=1S/C13H23NO5/c1-13(2,3)19-12(17)9-14-10(15)7-5-6-8-11(16)18-4/h5-9H2,1-4H3,(H,14,15). The lowest BCUT2D eigenvalue weighted by molar-refractivity contribution is -0.154. The van der Waals surface area contributed by atoms with E-state index in [1.807, 2.05) is 0 Å². The Morgan fingerprint density at radius 2 is 1.58 bits per heavy atom. The van der Waals surface area contributed by atoms with Gasteiger partial charge in [0, 0.05) is 12.8 Å². The molecule has 110 valence electrons. The highest BCUT2D eigenvalue weighted by molar-refractivity contribution is 5.82. The van der Waals surface area contributed by atoms with E-state index in [0.29, 0.717) is 19.3 Å². The highest BCUT2D eigenvalue weighted by Crippen LogP contribution is 2.06. The average molecular weight is 273 g/mol. The Morgan fingerprint density at radius 1 is 1.00 bits per heavy atom. The molecule has 0 aliphatic rings. The number of carbonyl (C=O) groups excluding carboxylic acids is 3. The first-order chi connectivity index (χ1) is 8.74. The van der Waals surface area contributed by atoms with Gasteiger partial charge in [-0.2, -0.15) is 0 Å². The van der Waals surface area contributed by atoms with Crippen molar-refractivity contribution >= 4 is 17.8 Å². The van der Waals surface area contributed by atoms with Crippen molar-refractivity contribution in [3.8, 4) is 0 Å². The summed E-state index contributed by atoms with van der Waals surface area (Å²) < 4.78 is 9.53. The quantitative estimate of drug-likeness (QED) is 0.556. The molecule has 19 heavy (non-hydrogen) atoms. The fourth-order valence-electron chi connectivity index (χ4n) is 1.29. The molecule has 1 N–H and O–H groups in total. The van der Waals surface area contributed by atoms with E-state index in [1.54, 1.807) is 20.8 Å². The second kappa shape index (κ2) is 8.50. The van der Waals surface area contributed by atoms with E-state index in [-0.39, 0.29) is 24.8 Å². The van der Waals surface area contributed by atoms with E-state index < -0.39 is 11.6 Å². The summed E-state index contributed by atoms with van der Waals surface area (Å²) in [6, 6.07) is 0. The molecule has 6 heteroatoms. The summed E-state index contributed by atoms with van der Waals surface area (Å²) in [6.45, 7) is 5.16. The highest BCUT2D eigenvalue weighted by Gasteiger charge is 2.16. The molecular formula is C13H23NO5. The Hall–Kier alpha value is -1.59. The number of rotatable bonds is 7. The number of ether oxygens (including phenoxy) is 2. The summed E-state index contributed by atoms with van der Waals surface area (Å²) >= 11 is 0. The van der Waals surface area contributed by atoms with Crippen LogP contribution in [0.4, 0.5) is 0 Å². The normalized spacial score (nSPS) is 10.7. The molecule has 6 nitrogen and oxygen atoms in total. The summed E-state index contributed by atoms with van der Waals surface area (Å²) in [5.74, 6) is -0.972. The Labute approximate surface area is 113 Å². The maximum Gasteiger partial charge on any atom is 0.325 e. The van der Waals surface area contributed by atoms with Gasteiger partial charge in [-0.25, -0.2) is 0 Å². The van der Waals surface area contributed by atoms with Gasteiger partial charge in [0.25, 0.3) is 0 Å². The van der Waals surface area contributed by atoms with Crippen LogP contribution in [0, 0.1) is 0 Å². The molecule has 0 aliphatic carbocycles. The monoisotopic (exact) mass is 273 g/mol. The Balaban J connectivity index is 3.65. The van der Waals surface area contributed by atoms with E-state index in [2.05, 4.69) is 10.1 Å². The van der Waals surface area contributed by atoms with Crippen LogP contribution in [0.1, 0.15) is 46.5 Å². The van der Waals surface area contributed by atoms with Crippen LogP contribution in [0.5, 0.6) is 0 Å². The van der Waals surface area contributed by atoms with Crippen LogP contribution in [0.2, 0.25) is 0 Å². The maximum absolute atomic E-state index is 11.4. The molecule has 0 saturated heterocycles. The van der Waals surface area contributed by atoms with Crippen molar-refractivity contribution in [1.82, 2.24) is 5.32 Å². The Kier molecular flexibility index (Phi) is 7.79. The molecule has 0 saturated carbocycles. The number of hydrogen-bond donors (Lipinski definition) is 1. The molecule has 0 aromatic heterocycles. The van der Waals surface area contributed by atoms with E-state index >= 15 is 0 Å². The van der Waals surface area contributed by atoms with Gasteiger partial charge >= 0.3 is 11.9 Å². The molecule has 1 amide bonds. The Morgan fingerprint density at radius 3 is 2.11 bits per heavy atom. The zero-order valence-corrected chi connectivity index (χ0v) is 12.1. The van der Waals surface area contributed by atoms with Gasteiger partial charge < -0.3 is 14.8 Å². The number of esters is 2. The van der Waals surface area contributed by atoms with Gasteiger partial charge in [0.15, 0.2) is 0 Å². The summed E-state index contributed by atoms with van der Waals surface area (Å²) in [5, 5.41) is 2.48. The minimum atomic E-state index is -0.553. The lowest BCUT2D eigenvalue weighted by Crippen LogP contribution is -2.34. The molecule has 0 heterocycles. The maximum atomic E-state index is 11.4. The molecule has 0 rings (SSSR count). The molecule has 0 spiro atoms. The minimum absolute atomic E-state index is 0.132. The SMILES string of the molecule is COC(=O)CCCCC(=O)NCC(=O)OC(C)(C)C. The van der Waals surface area contributed by atoms with Gasteiger partial charge in [0.2, 0.25) is 5.91 Å². The highest BCUT2D eigenvalue weighted by atomic mass is 16.6. The van der Waals surface area contributed by atoms with Crippen LogP contribution in [0.3, 0.4) is 0 Å². The topological polar surface area (TPSA) is 81.7 Å². The predicted octanol–water partition coefficient (Wildman–Crippen LogP) is 1.18. The molecule has 0 bridgehead atoms. The molecule has 0 radical (unpaired) electrons. The molecular weight excluding hydrogens is 250 g/mol. The number of methoxy groups -OCH3 is 1. The van der Waals surface area contributed by atoms with Gasteiger partial charge in [-0.3, -0.25) is 14.4 Å². The van der Waals surface area contributed by atoms with Crippen molar-refractivity contribution in [3.05, 3.63) is 0 Å². The van der Waals surface area contributed by atoms with E-state index in [1.165, 1.54) is 7.11 Å². The van der Waals surface area contributed by atoms with Crippen molar-refractivity contribution < 1.29 is 23.9 Å². The third-order valence-electron chi connectivity index (χ3n) is 2.11. The fraction of sp³-hybridized carbons (Fsp3) is 0.769. The summed E-state index contributed by atoms with van der Waals surface area (Å²) in [6.07, 6.45) is 1.75. The smallest absolute Gasteiger partial charge is 0.325 e. The van der Waals surface area contributed by atoms with E-state index in [9.17, 15) is 14.4 Å². The van der Waals surface area contributed by atoms with Gasteiger partial charge in [0.1, 0.15) is 12.1 Å². The van der Waals surface area contributed by atoms with Crippen molar-refractivity contribution in [1.29, 1.82) is 0 Å². The molecule has 0 aliphatic heterocycles. The van der Waals surface area contributed by atoms with Crippen molar-refractivity contribution in [2.45, 2.75) is 52.1 Å². The van der Waals surface area contributed by atoms with Crippen LogP contribution in [0.15, 0.2) is 0 Å². The summed E-state index contributed by atoms with van der Waals surface area (Å²) in [4.78, 5) is 33.5. The van der Waals surface area contributed by atoms with E-state index in [0.717, 1.165) is 0 Å². The average Bonchev–Trinajstić information content (AvgIpc) is 2.29. The first-order valence-electron chi connectivity index (χ1n) is 6.30. The van der Waals surface area contributed by atoms with Crippen molar-refractivity contribution in [2.75, 3.05) is 13.7 Å². The van der Waals surface area contributed by atoms with Crippen LogP contribution >= 0.6 is 0 Å². The third-order valence-corrected chi connectivity index (χ3v) is 2.11. The molecule has 0 aromatic rings. The second-order valence-electron chi connectivity index (χ2n) is 5.15. The first-order valence-corrected chi connectivity index (χ1v) is 6.30. The first kappa shape index (κ1) is 17.4. The number of nitrogens with one attached hydrogen (secondary N) is 1. The number of amides is 1. The Bertz CT molecular complexity index is 319. The molecule has 0 atom stereocenters. The zero-order chi connectivity index (χ0) is 14.9. The third kappa shape index (κ3) is 11.2. The molecule has 0 fully saturated rings. The van der Waals surface area contributed by atoms with Gasteiger partial charge in [-0.15, -0.1) is 0 Å². The summed E-state index contributed by atoms with van der Waals surface area (Å²) in [5.41, 5.74) is -0.553. The van der Waals surface area contributed by atoms with Gasteiger partial charge in [0.05, 0.1) is 7.11 Å². The van der Waals surface area contributed by atoms with Crippen molar-refractivity contribution in [2.24, 2.45) is 0 Å². The summed E-state index contributed by atoms with van der Waals surface area (Å²) in [7, 11) is 1.33. The van der Waals surface area contributed by atoms with Crippen LogP contribution in [0.25, 0.3) is 0 Å².